The van der Waals surface area contributed by atoms with Gasteiger partial charge in [0.25, 0.3) is 0 Å². The van der Waals surface area contributed by atoms with Crippen molar-refractivity contribution in [2.24, 2.45) is 0 Å². The molecular formula is C11H22O3. The van der Waals surface area contributed by atoms with E-state index in [1.54, 1.807) is 0 Å². The van der Waals surface area contributed by atoms with Gasteiger partial charge in [0.05, 0.1) is 0 Å². The molecule has 0 aromatic heterocycles. The Hall–Kier alpha value is -0.570. The van der Waals surface area contributed by atoms with Crippen LogP contribution < -0.4 is 0 Å². The number of unbranched alkanes of at least 4 members (excludes halogenated alkanes) is 5. The third-order valence-corrected chi connectivity index (χ3v) is 2.48. The maximum absolute atomic E-state index is 10.5. The predicted octanol–water partition coefficient (Wildman–Crippen LogP) is 2.57. The fourth-order valence-electron chi connectivity index (χ4n) is 1.36. The minimum absolute atomic E-state index is 0.356. The Morgan fingerprint density at radius 3 is 2.14 bits per heavy atom. The van der Waals surface area contributed by atoms with Gasteiger partial charge >= 0.3 is 5.97 Å². The molecule has 0 bridgehead atoms. The maximum Gasteiger partial charge on any atom is 0.335 e. The highest BCUT2D eigenvalue weighted by Gasteiger charge is 2.28. The quantitative estimate of drug-likeness (QED) is 0.595. The van der Waals surface area contributed by atoms with Crippen molar-refractivity contribution in [1.29, 1.82) is 0 Å². The zero-order valence-electron chi connectivity index (χ0n) is 9.25. The molecule has 0 aromatic carbocycles. The van der Waals surface area contributed by atoms with E-state index in [0.717, 1.165) is 19.3 Å². The van der Waals surface area contributed by atoms with Gasteiger partial charge < -0.3 is 10.2 Å². The van der Waals surface area contributed by atoms with Crippen molar-refractivity contribution < 1.29 is 15.0 Å². The van der Waals surface area contributed by atoms with Gasteiger partial charge in [-0.1, -0.05) is 39.0 Å². The Balaban J connectivity index is 3.40. The second-order valence-corrected chi connectivity index (χ2v) is 4.10. The van der Waals surface area contributed by atoms with Crippen LogP contribution in [0.25, 0.3) is 0 Å². The lowest BCUT2D eigenvalue weighted by Gasteiger charge is -2.17. The summed E-state index contributed by atoms with van der Waals surface area (Å²) in [6.07, 6.45) is 6.98. The molecule has 0 amide bonds. The highest BCUT2D eigenvalue weighted by molar-refractivity contribution is 5.76. The second-order valence-electron chi connectivity index (χ2n) is 4.10. The topological polar surface area (TPSA) is 57.5 Å². The first kappa shape index (κ1) is 13.4. The van der Waals surface area contributed by atoms with Gasteiger partial charge in [-0.15, -0.1) is 0 Å². The number of aliphatic hydroxyl groups is 1. The van der Waals surface area contributed by atoms with E-state index in [2.05, 4.69) is 6.92 Å². The molecule has 0 aromatic rings. The summed E-state index contributed by atoms with van der Waals surface area (Å²) in [5, 5.41) is 18.0. The highest BCUT2D eigenvalue weighted by atomic mass is 16.4. The van der Waals surface area contributed by atoms with Crippen LogP contribution in [0.2, 0.25) is 0 Å². The van der Waals surface area contributed by atoms with E-state index in [0.29, 0.717) is 6.42 Å². The number of carboxylic acids is 1. The molecule has 0 saturated carbocycles. The molecule has 0 saturated heterocycles. The van der Waals surface area contributed by atoms with Crippen molar-refractivity contribution in [1.82, 2.24) is 0 Å². The van der Waals surface area contributed by atoms with Gasteiger partial charge in [-0.3, -0.25) is 0 Å². The number of aliphatic carboxylic acids is 1. The Labute approximate surface area is 86.1 Å². The lowest BCUT2D eigenvalue weighted by atomic mass is 9.98. The number of carboxylic acid groups (broad SMARTS) is 1. The molecule has 2 N–H and O–H groups in total. The highest BCUT2D eigenvalue weighted by Crippen LogP contribution is 2.15. The molecule has 0 aliphatic heterocycles. The van der Waals surface area contributed by atoms with Gasteiger partial charge in [0.2, 0.25) is 0 Å². The van der Waals surface area contributed by atoms with Crippen LogP contribution in [-0.2, 0) is 4.79 Å². The Morgan fingerprint density at radius 1 is 1.14 bits per heavy atom. The van der Waals surface area contributed by atoms with Crippen LogP contribution >= 0.6 is 0 Å². The molecule has 84 valence electrons. The van der Waals surface area contributed by atoms with Gasteiger partial charge in [-0.25, -0.2) is 4.79 Å². The van der Waals surface area contributed by atoms with Crippen molar-refractivity contribution in [3.05, 3.63) is 0 Å². The minimum Gasteiger partial charge on any atom is -0.479 e. The molecule has 3 nitrogen and oxygen atoms in total. The number of carbonyl (C=O) groups is 1. The molecule has 0 aliphatic carbocycles. The van der Waals surface area contributed by atoms with Crippen LogP contribution in [0.5, 0.6) is 0 Å². The van der Waals surface area contributed by atoms with E-state index >= 15 is 0 Å². The van der Waals surface area contributed by atoms with E-state index in [9.17, 15) is 9.90 Å². The van der Waals surface area contributed by atoms with Crippen LogP contribution in [0.15, 0.2) is 0 Å². The Kier molecular flexibility index (Phi) is 6.54. The van der Waals surface area contributed by atoms with Crippen molar-refractivity contribution in [3.8, 4) is 0 Å². The summed E-state index contributed by atoms with van der Waals surface area (Å²) in [6.45, 7) is 3.52. The van der Waals surface area contributed by atoms with Gasteiger partial charge in [0, 0.05) is 0 Å². The largest absolute Gasteiger partial charge is 0.479 e. The Morgan fingerprint density at radius 2 is 1.64 bits per heavy atom. The fourth-order valence-corrected chi connectivity index (χ4v) is 1.36. The molecule has 14 heavy (non-hydrogen) atoms. The average Bonchev–Trinajstić information content (AvgIpc) is 2.10. The first-order valence-corrected chi connectivity index (χ1v) is 5.46. The van der Waals surface area contributed by atoms with Crippen molar-refractivity contribution in [3.63, 3.8) is 0 Å². The number of hydrogen-bond acceptors (Lipinski definition) is 2. The van der Waals surface area contributed by atoms with Gasteiger partial charge in [-0.2, -0.15) is 0 Å². The molecule has 0 rings (SSSR count). The summed E-state index contributed by atoms with van der Waals surface area (Å²) in [4.78, 5) is 10.5. The zero-order valence-corrected chi connectivity index (χ0v) is 9.25. The standard InChI is InChI=1S/C11H22O3/c1-3-4-5-6-7-8-9-11(2,14)10(12)13/h14H,3-9H2,1-2H3,(H,12,13)/t11-/m0/s1. The van der Waals surface area contributed by atoms with E-state index in [1.165, 1.54) is 26.2 Å². The van der Waals surface area contributed by atoms with E-state index < -0.39 is 11.6 Å². The number of rotatable bonds is 8. The van der Waals surface area contributed by atoms with Crippen molar-refractivity contribution in [2.75, 3.05) is 0 Å². The fraction of sp³-hybridized carbons (Fsp3) is 0.909. The van der Waals surface area contributed by atoms with E-state index in [1.807, 2.05) is 0 Å². The lowest BCUT2D eigenvalue weighted by Crippen LogP contribution is -2.34. The Bertz CT molecular complexity index is 164. The third kappa shape index (κ3) is 5.97. The second kappa shape index (κ2) is 6.82. The SMILES string of the molecule is CCCCCCCC[C@](C)(O)C(=O)O. The molecule has 0 spiro atoms. The van der Waals surface area contributed by atoms with Gasteiger partial charge in [0.1, 0.15) is 0 Å². The molecule has 0 heterocycles. The third-order valence-electron chi connectivity index (χ3n) is 2.48. The monoisotopic (exact) mass is 202 g/mol. The van der Waals surface area contributed by atoms with Gasteiger partial charge in [-0.05, 0) is 19.8 Å². The van der Waals surface area contributed by atoms with Crippen LogP contribution in [0.3, 0.4) is 0 Å². The molecule has 0 fully saturated rings. The normalized spacial score (nSPS) is 15.1. The molecule has 0 radical (unpaired) electrons. The molecular weight excluding hydrogens is 180 g/mol. The van der Waals surface area contributed by atoms with Crippen LogP contribution in [0.1, 0.15) is 58.8 Å². The van der Waals surface area contributed by atoms with Crippen LogP contribution in [-0.4, -0.2) is 21.8 Å². The predicted molar refractivity (Wildman–Crippen MR) is 56.3 cm³/mol. The minimum atomic E-state index is -1.54. The smallest absolute Gasteiger partial charge is 0.335 e. The zero-order chi connectivity index (χ0) is 11.0. The van der Waals surface area contributed by atoms with E-state index in [4.69, 9.17) is 5.11 Å². The lowest BCUT2D eigenvalue weighted by molar-refractivity contribution is -0.157. The summed E-state index contributed by atoms with van der Waals surface area (Å²) in [5.74, 6) is -1.12. The van der Waals surface area contributed by atoms with Crippen LogP contribution in [0, 0.1) is 0 Å². The van der Waals surface area contributed by atoms with E-state index in [-0.39, 0.29) is 0 Å². The molecule has 1 atom stereocenters. The summed E-state index contributed by atoms with van der Waals surface area (Å²) in [7, 11) is 0. The summed E-state index contributed by atoms with van der Waals surface area (Å²) in [6, 6.07) is 0. The van der Waals surface area contributed by atoms with Crippen molar-refractivity contribution >= 4 is 5.97 Å². The summed E-state index contributed by atoms with van der Waals surface area (Å²) in [5.41, 5.74) is -1.54. The summed E-state index contributed by atoms with van der Waals surface area (Å²) >= 11 is 0. The summed E-state index contributed by atoms with van der Waals surface area (Å²) < 4.78 is 0. The van der Waals surface area contributed by atoms with Crippen molar-refractivity contribution in [2.45, 2.75) is 64.4 Å². The first-order valence-electron chi connectivity index (χ1n) is 5.46. The maximum atomic E-state index is 10.5. The van der Waals surface area contributed by atoms with Gasteiger partial charge in [0.15, 0.2) is 5.60 Å². The van der Waals surface area contributed by atoms with Crippen LogP contribution in [0.4, 0.5) is 0 Å². The number of hydrogen-bond donors (Lipinski definition) is 2. The average molecular weight is 202 g/mol. The molecule has 3 heteroatoms. The molecule has 0 aliphatic rings. The first-order chi connectivity index (χ1) is 6.50. The molecule has 0 unspecified atom stereocenters.